The molecule has 36 heavy (non-hydrogen) atoms. The summed E-state index contributed by atoms with van der Waals surface area (Å²) in [6, 6.07) is 3.72. The summed E-state index contributed by atoms with van der Waals surface area (Å²) in [6.07, 6.45) is 8.22. The zero-order valence-electron chi connectivity index (χ0n) is 20.5. The van der Waals surface area contributed by atoms with Crippen LogP contribution in [-0.4, -0.2) is 73.9 Å². The Morgan fingerprint density at radius 2 is 2.14 bits per heavy atom. The quantitative estimate of drug-likeness (QED) is 0.408. The van der Waals surface area contributed by atoms with E-state index in [1.165, 1.54) is 25.7 Å². The largest absolute Gasteiger partial charge is 0.461 e. The maximum absolute atomic E-state index is 14.0. The third kappa shape index (κ3) is 4.45. The van der Waals surface area contributed by atoms with Gasteiger partial charge in [0.15, 0.2) is 5.82 Å². The molecule has 2 bridgehead atoms. The Balaban J connectivity index is 0.000000292. The van der Waals surface area contributed by atoms with Gasteiger partial charge in [-0.2, -0.15) is 5.10 Å². The lowest BCUT2D eigenvalue weighted by Gasteiger charge is -2.61. The van der Waals surface area contributed by atoms with E-state index in [0.717, 1.165) is 42.6 Å². The first-order valence-corrected chi connectivity index (χ1v) is 12.8. The van der Waals surface area contributed by atoms with E-state index in [-0.39, 0.29) is 5.92 Å². The molecule has 4 saturated carbocycles. The van der Waals surface area contributed by atoms with Crippen molar-refractivity contribution < 1.29 is 13.9 Å². The normalized spacial score (nSPS) is 30.5. The lowest BCUT2D eigenvalue weighted by molar-refractivity contribution is -0.135. The fraction of sp³-hybridized carbons (Fsp3) is 0.600. The second-order valence-electron chi connectivity index (χ2n) is 10.7. The number of H-pyrrole nitrogens is 1. The van der Waals surface area contributed by atoms with Gasteiger partial charge in [0.05, 0.1) is 5.69 Å². The van der Waals surface area contributed by atoms with Gasteiger partial charge >= 0.3 is 0 Å². The number of nitrogens with one attached hydrogen (secondary N) is 3. The predicted octanol–water partition coefficient (Wildman–Crippen LogP) is 2.92. The van der Waals surface area contributed by atoms with Crippen LogP contribution in [-0.2, 0) is 16.1 Å². The minimum Gasteiger partial charge on any atom is -0.461 e. The average molecular weight is 497 g/mol. The number of fused-ring (bicyclic) bond motifs is 1. The van der Waals surface area contributed by atoms with Crippen LogP contribution in [0.5, 0.6) is 0 Å². The van der Waals surface area contributed by atoms with E-state index in [1.807, 2.05) is 22.7 Å². The van der Waals surface area contributed by atoms with Crippen LogP contribution in [0.2, 0.25) is 0 Å². The first-order chi connectivity index (χ1) is 17.5. The van der Waals surface area contributed by atoms with Gasteiger partial charge in [0, 0.05) is 42.2 Å². The molecule has 8 rings (SSSR count). The van der Waals surface area contributed by atoms with Gasteiger partial charge in [0.1, 0.15) is 17.9 Å². The Bertz CT molecular complexity index is 1200. The molecule has 11 heteroatoms. The van der Waals surface area contributed by atoms with Crippen LogP contribution >= 0.6 is 0 Å². The number of hydrogen-bond donors (Lipinski definition) is 3. The molecule has 1 aliphatic heterocycles. The Hall–Kier alpha value is -3.05. The lowest BCUT2D eigenvalue weighted by Crippen LogP contribution is -2.65. The van der Waals surface area contributed by atoms with Crippen molar-refractivity contribution in [2.45, 2.75) is 68.8 Å². The van der Waals surface area contributed by atoms with E-state index < -0.39 is 12.3 Å². The van der Waals surface area contributed by atoms with Crippen molar-refractivity contribution in [3.8, 4) is 0 Å². The van der Waals surface area contributed by atoms with Crippen molar-refractivity contribution >= 4 is 23.9 Å². The zero-order chi connectivity index (χ0) is 24.7. The number of nitrogens with zero attached hydrogens (tertiary/aromatic N) is 5. The van der Waals surface area contributed by atoms with Gasteiger partial charge in [-0.1, -0.05) is 0 Å². The van der Waals surface area contributed by atoms with E-state index >= 15 is 0 Å². The van der Waals surface area contributed by atoms with Crippen LogP contribution in [0.3, 0.4) is 0 Å². The number of imidazole rings is 1. The second-order valence-corrected chi connectivity index (χ2v) is 10.7. The summed E-state index contributed by atoms with van der Waals surface area (Å²) in [5, 5.41) is 13.8. The third-order valence-corrected chi connectivity index (χ3v) is 8.27. The van der Waals surface area contributed by atoms with E-state index in [0.29, 0.717) is 36.6 Å². The number of carbonyl (C=O) groups excluding carboxylic acids is 1. The fourth-order valence-corrected chi connectivity index (χ4v) is 5.83. The Labute approximate surface area is 209 Å². The van der Waals surface area contributed by atoms with Crippen LogP contribution < -0.4 is 10.6 Å². The topological polar surface area (TPSA) is 112 Å². The van der Waals surface area contributed by atoms with Crippen molar-refractivity contribution in [2.24, 2.45) is 5.92 Å². The highest BCUT2D eigenvalue weighted by molar-refractivity contribution is 5.54. The van der Waals surface area contributed by atoms with Gasteiger partial charge in [-0.05, 0) is 70.6 Å². The van der Waals surface area contributed by atoms with Gasteiger partial charge in [0.25, 0.3) is 6.47 Å². The summed E-state index contributed by atoms with van der Waals surface area (Å²) in [4.78, 5) is 21.9. The molecule has 192 valence electrons. The average Bonchev–Trinajstić information content (AvgIpc) is 3.49. The summed E-state index contributed by atoms with van der Waals surface area (Å²) in [7, 11) is 2.08. The first kappa shape index (κ1) is 23.4. The molecule has 5 aliphatic rings. The molecule has 0 amide bonds. The zero-order valence-corrected chi connectivity index (χ0v) is 20.5. The van der Waals surface area contributed by atoms with E-state index in [4.69, 9.17) is 4.74 Å². The smallest absolute Gasteiger partial charge is 0.293 e. The summed E-state index contributed by atoms with van der Waals surface area (Å²) in [5.41, 5.74) is 3.29. The molecule has 3 aromatic rings. The molecule has 3 atom stereocenters. The standard InChI is InChI=1S/C19H22FN7O2.C6H11N/c20-14-6-12(7-16(14)29-11-28)15-8-17(25-24-15)23-19-21-3-2-18-22-13(10-27(18)19)9-26-4-1-5-26;1-7-6-2-5(3-6)4-6/h2-3,8,10-12,14,16H,1,4-7,9H2,(H2,21,23,24,25);5,7H,2-4H2,1H3. The number of anilines is 2. The molecular formula is C25H33FN8O2. The summed E-state index contributed by atoms with van der Waals surface area (Å²) in [6.45, 7) is 3.39. The molecule has 0 radical (unpaired) electrons. The maximum Gasteiger partial charge on any atom is 0.293 e. The summed E-state index contributed by atoms with van der Waals surface area (Å²) >= 11 is 0. The number of hydrogen-bond acceptors (Lipinski definition) is 8. The molecule has 3 aromatic heterocycles. The molecule has 4 heterocycles. The van der Waals surface area contributed by atoms with Crippen molar-refractivity contribution in [2.75, 3.05) is 25.5 Å². The first-order valence-electron chi connectivity index (χ1n) is 12.8. The summed E-state index contributed by atoms with van der Waals surface area (Å²) in [5.74, 6) is 2.25. The highest BCUT2D eigenvalue weighted by atomic mass is 19.1. The predicted molar refractivity (Wildman–Crippen MR) is 132 cm³/mol. The van der Waals surface area contributed by atoms with Crippen LogP contribution in [0.1, 0.15) is 55.8 Å². The lowest BCUT2D eigenvalue weighted by atomic mass is 9.50. The fourth-order valence-electron chi connectivity index (χ4n) is 5.83. The van der Waals surface area contributed by atoms with Crippen LogP contribution in [0.25, 0.3) is 5.65 Å². The van der Waals surface area contributed by atoms with E-state index in [9.17, 15) is 9.18 Å². The number of alkyl halides is 1. The molecule has 1 saturated heterocycles. The molecule has 3 N–H and O–H groups in total. The van der Waals surface area contributed by atoms with Crippen molar-refractivity contribution in [3.05, 3.63) is 35.9 Å². The number of likely N-dealkylation sites (tertiary alicyclic amines) is 1. The highest BCUT2D eigenvalue weighted by Crippen LogP contribution is 2.56. The minimum atomic E-state index is -1.16. The van der Waals surface area contributed by atoms with Crippen LogP contribution in [0.4, 0.5) is 16.2 Å². The Morgan fingerprint density at radius 3 is 2.78 bits per heavy atom. The second kappa shape index (κ2) is 9.44. The van der Waals surface area contributed by atoms with Gasteiger partial charge < -0.3 is 15.4 Å². The molecule has 5 fully saturated rings. The van der Waals surface area contributed by atoms with Gasteiger partial charge in [0.2, 0.25) is 5.95 Å². The monoisotopic (exact) mass is 496 g/mol. The number of halogens is 1. The molecule has 0 spiro atoms. The van der Waals surface area contributed by atoms with Crippen molar-refractivity contribution in [1.29, 1.82) is 0 Å². The van der Waals surface area contributed by atoms with Gasteiger partial charge in [-0.3, -0.25) is 19.2 Å². The van der Waals surface area contributed by atoms with Gasteiger partial charge in [-0.25, -0.2) is 14.4 Å². The number of rotatable bonds is 8. The van der Waals surface area contributed by atoms with Crippen molar-refractivity contribution in [3.63, 3.8) is 0 Å². The summed E-state index contributed by atoms with van der Waals surface area (Å²) < 4.78 is 20.7. The van der Waals surface area contributed by atoms with Crippen LogP contribution in [0, 0.1) is 5.92 Å². The van der Waals surface area contributed by atoms with E-state index in [1.54, 1.807) is 6.20 Å². The Kier molecular flexibility index (Phi) is 6.12. The number of carbonyl (C=O) groups is 1. The molecule has 4 aliphatic carbocycles. The SMILES string of the molecule is CNC12CC(C1)C2.O=COC1CC(c2cc(Nc3nccc4nc(CN5CCC5)cn34)n[nH]2)CC1F. The minimum absolute atomic E-state index is 0.0712. The number of aromatic amines is 1. The Morgan fingerprint density at radius 1 is 1.31 bits per heavy atom. The van der Waals surface area contributed by atoms with Gasteiger partial charge in [-0.15, -0.1) is 0 Å². The third-order valence-electron chi connectivity index (χ3n) is 8.27. The molecule has 3 unspecified atom stereocenters. The maximum atomic E-state index is 14.0. The number of ether oxygens (including phenoxy) is 1. The number of aromatic nitrogens is 5. The van der Waals surface area contributed by atoms with E-state index in [2.05, 4.69) is 42.7 Å². The van der Waals surface area contributed by atoms with Crippen LogP contribution in [0.15, 0.2) is 24.5 Å². The molecule has 0 aromatic carbocycles. The molecule has 10 nitrogen and oxygen atoms in total. The highest BCUT2D eigenvalue weighted by Gasteiger charge is 2.55. The van der Waals surface area contributed by atoms with Crippen molar-refractivity contribution in [1.82, 2.24) is 34.8 Å². The molecular weight excluding hydrogens is 463 g/mol.